The summed E-state index contributed by atoms with van der Waals surface area (Å²) in [6, 6.07) is 21.6. The number of nitrogens with zero attached hydrogens (tertiary/aromatic N) is 5. The van der Waals surface area contributed by atoms with Crippen LogP contribution < -0.4 is 7.85 Å². The van der Waals surface area contributed by atoms with Gasteiger partial charge in [-0.25, -0.2) is 17.9 Å². The Morgan fingerprint density at radius 3 is 1.94 bits per heavy atom. The largest absolute Gasteiger partial charge is 0.497 e. The van der Waals surface area contributed by atoms with Gasteiger partial charge in [-0.3, -0.25) is 7.91 Å². The molecule has 0 fully saturated rings. The molecule has 0 saturated heterocycles. The summed E-state index contributed by atoms with van der Waals surface area (Å²) in [5, 5.41) is 13.1. The minimum atomic E-state index is -1.41. The van der Waals surface area contributed by atoms with Gasteiger partial charge in [0.1, 0.15) is 11.4 Å². The van der Waals surface area contributed by atoms with E-state index in [9.17, 15) is 14.7 Å². The maximum Gasteiger partial charge on any atom is 0.338 e. The Balaban J connectivity index is 0.00000185. The number of carboxylic acid groups (broad SMARTS) is 1. The van der Waals surface area contributed by atoms with E-state index >= 15 is 8.78 Å². The Morgan fingerprint density at radius 1 is 0.915 bits per heavy atom. The van der Waals surface area contributed by atoms with Crippen molar-refractivity contribution in [1.82, 2.24) is 4.31 Å². The molecular weight excluding hydrogens is 739 g/mol. The molecule has 0 radical (unpaired) electrons. The molecule has 4 aromatic rings. The molecule has 0 aromatic heterocycles. The quantitative estimate of drug-likeness (QED) is 0.0402. The zero-order valence-electron chi connectivity index (χ0n) is 26.9. The molecule has 9 nitrogen and oxygen atoms in total. The number of rotatable bonds is 11. The van der Waals surface area contributed by atoms with E-state index in [1.807, 2.05) is 46.8 Å². The number of carbonyl (C=O) groups is 2. The van der Waals surface area contributed by atoms with Crippen molar-refractivity contribution in [3.05, 3.63) is 129 Å². The van der Waals surface area contributed by atoms with E-state index in [1.54, 1.807) is 82.8 Å². The molecule has 1 amide bonds. The molecule has 0 aliphatic heterocycles. The van der Waals surface area contributed by atoms with Gasteiger partial charge in [0, 0.05) is 23.6 Å². The molecule has 0 bridgehead atoms. The highest BCUT2D eigenvalue weighted by atomic mass is 127. The predicted molar refractivity (Wildman–Crippen MR) is 191 cm³/mol. The van der Waals surface area contributed by atoms with Gasteiger partial charge in [-0.15, -0.1) is 0 Å². The van der Waals surface area contributed by atoms with Gasteiger partial charge < -0.3 is 9.84 Å². The number of azide groups is 1. The first-order valence-corrected chi connectivity index (χ1v) is 16.4. The van der Waals surface area contributed by atoms with Crippen LogP contribution in [-0.2, 0) is 13.1 Å². The molecule has 1 N–H and O–H groups in total. The van der Waals surface area contributed by atoms with Gasteiger partial charge in [0.2, 0.25) is 5.91 Å². The average Bonchev–Trinajstić information content (AvgIpc) is 3.09. The average molecular weight is 776 g/mol. The van der Waals surface area contributed by atoms with Gasteiger partial charge in [0.25, 0.3) is 0 Å². The van der Waals surface area contributed by atoms with E-state index in [4.69, 9.17) is 10.3 Å². The lowest BCUT2D eigenvalue weighted by atomic mass is 10.1. The molecule has 0 aliphatic rings. The summed E-state index contributed by atoms with van der Waals surface area (Å²) >= 11 is 2.62. The van der Waals surface area contributed by atoms with Crippen LogP contribution in [0.5, 0.6) is 5.75 Å². The summed E-state index contributed by atoms with van der Waals surface area (Å²) in [6.07, 6.45) is 0. The lowest BCUT2D eigenvalue weighted by molar-refractivity contribution is 0.0696. The number of hydrogen-bond acceptors (Lipinski definition) is 6. The van der Waals surface area contributed by atoms with Crippen LogP contribution in [0.15, 0.2) is 88.9 Å². The van der Waals surface area contributed by atoms with Crippen molar-refractivity contribution in [1.29, 1.82) is 0 Å². The topological polar surface area (TPSA) is 119 Å². The summed E-state index contributed by atoms with van der Waals surface area (Å²) < 4.78 is 39.6. The number of halogens is 3. The zero-order valence-corrected chi connectivity index (χ0v) is 29.8. The Bertz CT molecular complexity index is 1690. The van der Waals surface area contributed by atoms with Crippen LogP contribution in [0.25, 0.3) is 10.4 Å². The van der Waals surface area contributed by atoms with Crippen molar-refractivity contribution in [3.8, 4) is 5.75 Å². The number of ether oxygens (including phenoxy) is 1. The number of aromatic carboxylic acids is 1. The number of hydrogen-bond donors (Lipinski definition) is 1. The molecule has 0 unspecified atom stereocenters. The first kappa shape index (κ1) is 39.0. The number of aryl methyl sites for hydroxylation is 1. The molecule has 47 heavy (non-hydrogen) atoms. The lowest BCUT2D eigenvalue weighted by Crippen LogP contribution is -2.17. The smallest absolute Gasteiger partial charge is 0.338 e. The van der Waals surface area contributed by atoms with E-state index in [2.05, 4.69) is 10.0 Å². The fraction of sp³-hybridized carbons (Fsp3) is 0.235. The molecule has 0 aliphatic carbocycles. The third-order valence-corrected chi connectivity index (χ3v) is 8.33. The van der Waals surface area contributed by atoms with E-state index in [-0.39, 0.29) is 23.5 Å². The van der Waals surface area contributed by atoms with Gasteiger partial charge in [-0.1, -0.05) is 81.8 Å². The normalized spacial score (nSPS) is 10.1. The maximum atomic E-state index is 15.7. The predicted octanol–water partition coefficient (Wildman–Crippen LogP) is 10.7. The number of carbonyl (C=O) groups excluding carboxylic acids is 1. The van der Waals surface area contributed by atoms with Gasteiger partial charge in [0.05, 0.1) is 46.1 Å². The van der Waals surface area contributed by atoms with Gasteiger partial charge >= 0.3 is 5.97 Å². The second-order valence-corrected chi connectivity index (χ2v) is 11.4. The third-order valence-electron chi connectivity index (χ3n) is 6.28. The van der Waals surface area contributed by atoms with Crippen LogP contribution in [0.2, 0.25) is 0 Å². The van der Waals surface area contributed by atoms with E-state index in [0.29, 0.717) is 17.0 Å². The minimum absolute atomic E-state index is 0.197. The summed E-state index contributed by atoms with van der Waals surface area (Å²) in [4.78, 5) is 26.4. The maximum absolute atomic E-state index is 15.7. The van der Waals surface area contributed by atoms with Gasteiger partial charge in [-0.2, -0.15) is 0 Å². The number of benzene rings is 4. The summed E-state index contributed by atoms with van der Waals surface area (Å²) in [7, 11) is 1.55. The lowest BCUT2D eigenvalue weighted by Gasteiger charge is -2.24. The van der Waals surface area contributed by atoms with Crippen molar-refractivity contribution < 1.29 is 28.2 Å². The SMILES string of the molecule is CC.CC.COc1ccc(CN(Cc2ccc(C(=O)N=[N+]=[N-])cc2)Sc2cc(C(=O)O)c(N(I)c3ccc(C)cc3)c(F)c2F)cc1. The zero-order chi connectivity index (χ0) is 35.1. The molecular formula is C34H36F2IN5O4S. The van der Waals surface area contributed by atoms with E-state index < -0.39 is 34.8 Å². The number of amides is 1. The summed E-state index contributed by atoms with van der Waals surface area (Å²) in [5.74, 6) is -3.97. The molecule has 0 saturated carbocycles. The van der Waals surface area contributed by atoms with Crippen LogP contribution in [0, 0.1) is 18.6 Å². The second kappa shape index (κ2) is 19.5. The van der Waals surface area contributed by atoms with Crippen molar-refractivity contribution in [3.63, 3.8) is 0 Å². The highest BCUT2D eigenvalue weighted by molar-refractivity contribution is 14.1. The molecule has 0 heterocycles. The number of anilines is 2. The van der Waals surface area contributed by atoms with E-state index in [0.717, 1.165) is 29.1 Å². The van der Waals surface area contributed by atoms with Crippen LogP contribution in [-0.4, -0.2) is 28.4 Å². The van der Waals surface area contributed by atoms with Crippen LogP contribution in [0.4, 0.5) is 20.2 Å². The first-order chi connectivity index (χ1) is 22.6. The van der Waals surface area contributed by atoms with Crippen molar-refractivity contribution in [2.75, 3.05) is 10.2 Å². The first-order valence-electron chi connectivity index (χ1n) is 14.6. The second-order valence-electron chi connectivity index (χ2n) is 9.25. The molecule has 13 heteroatoms. The Kier molecular flexibility index (Phi) is 16.2. The Morgan fingerprint density at radius 2 is 1.45 bits per heavy atom. The van der Waals surface area contributed by atoms with Crippen molar-refractivity contribution in [2.24, 2.45) is 5.11 Å². The summed E-state index contributed by atoms with van der Waals surface area (Å²) in [5.41, 5.74) is 10.9. The van der Waals surface area contributed by atoms with Gasteiger partial charge in [-0.05, 0) is 71.0 Å². The minimum Gasteiger partial charge on any atom is -0.497 e. The Labute approximate surface area is 291 Å². The van der Waals surface area contributed by atoms with Crippen molar-refractivity contribution >= 4 is 58.1 Å². The van der Waals surface area contributed by atoms with Gasteiger partial charge in [0.15, 0.2) is 11.6 Å². The highest BCUT2D eigenvalue weighted by Gasteiger charge is 2.28. The fourth-order valence-corrected chi connectivity index (χ4v) is 5.91. The number of carboxylic acids is 1. The monoisotopic (exact) mass is 775 g/mol. The summed E-state index contributed by atoms with van der Waals surface area (Å²) in [6.45, 7) is 10.4. The van der Waals surface area contributed by atoms with Crippen molar-refractivity contribution in [2.45, 2.75) is 52.6 Å². The van der Waals surface area contributed by atoms with Crippen LogP contribution in [0.1, 0.15) is 65.1 Å². The van der Waals surface area contributed by atoms with Crippen LogP contribution >= 0.6 is 34.8 Å². The highest BCUT2D eigenvalue weighted by Crippen LogP contribution is 2.40. The number of methoxy groups -OCH3 is 1. The van der Waals surface area contributed by atoms with Crippen LogP contribution in [0.3, 0.4) is 0 Å². The molecule has 4 aromatic carbocycles. The fourth-order valence-electron chi connectivity index (χ4n) is 4.07. The Hall–Kier alpha value is -4.17. The van der Waals surface area contributed by atoms with E-state index in [1.165, 1.54) is 15.2 Å². The molecule has 0 atom stereocenters. The molecule has 4 rings (SSSR count). The molecule has 248 valence electrons. The standard InChI is InChI=1S/C30H24F2IN5O4S.2C2H6/c1-18-3-11-22(12-4-18)38(33)28-24(30(40)41)15-25(26(31)27(28)32)43-37(17-20-7-13-23(42-2)14-8-20)16-19-5-9-21(10-6-19)29(39)35-36-34;2*1-2/h3-15H,16-17H2,1-2H3,(H,40,41);2*1-2H3. The molecule has 0 spiro atoms. The third kappa shape index (κ3) is 10.7.